The zero-order valence-electron chi connectivity index (χ0n) is 13.9. The predicted octanol–water partition coefficient (Wildman–Crippen LogP) is 4.78. The van der Waals surface area contributed by atoms with Gasteiger partial charge in [0.2, 0.25) is 0 Å². The lowest BCUT2D eigenvalue weighted by Gasteiger charge is -2.33. The summed E-state index contributed by atoms with van der Waals surface area (Å²) < 4.78 is 5.12. The topological polar surface area (TPSA) is 21.3 Å². The molecule has 2 nitrogen and oxygen atoms in total. The Morgan fingerprint density at radius 2 is 1.58 bits per heavy atom. The predicted molar refractivity (Wildman–Crippen MR) is 85.8 cm³/mol. The molecule has 1 unspecified atom stereocenters. The molecule has 0 aliphatic carbocycles. The van der Waals surface area contributed by atoms with Gasteiger partial charge < -0.3 is 10.1 Å². The highest BCUT2D eigenvalue weighted by molar-refractivity contribution is 4.80. The summed E-state index contributed by atoms with van der Waals surface area (Å²) in [6.45, 7) is 9.93. The second kappa shape index (κ2) is 12.9. The molecule has 0 radical (unpaired) electrons. The Balaban J connectivity index is 4.15. The van der Waals surface area contributed by atoms with Crippen molar-refractivity contribution in [2.24, 2.45) is 5.41 Å². The highest BCUT2D eigenvalue weighted by atomic mass is 16.5. The summed E-state index contributed by atoms with van der Waals surface area (Å²) in [6.07, 6.45) is 12.3. The largest absolute Gasteiger partial charge is 0.383 e. The minimum Gasteiger partial charge on any atom is -0.383 e. The van der Waals surface area contributed by atoms with Gasteiger partial charge in [-0.1, -0.05) is 59.3 Å². The zero-order chi connectivity index (χ0) is 14.4. The van der Waals surface area contributed by atoms with E-state index in [1.165, 1.54) is 64.3 Å². The summed E-state index contributed by atoms with van der Waals surface area (Å²) >= 11 is 0. The molecule has 1 N–H and O–H groups in total. The van der Waals surface area contributed by atoms with Gasteiger partial charge in [0.05, 0.1) is 6.61 Å². The normalized spacial score (nSPS) is 14.5. The van der Waals surface area contributed by atoms with Crippen molar-refractivity contribution in [2.45, 2.75) is 78.6 Å². The molecule has 0 bridgehead atoms. The summed E-state index contributed by atoms with van der Waals surface area (Å²) in [4.78, 5) is 0. The lowest BCUT2D eigenvalue weighted by atomic mass is 9.76. The van der Waals surface area contributed by atoms with Crippen molar-refractivity contribution in [1.82, 2.24) is 5.32 Å². The standard InChI is InChI=1S/C17H37NO/c1-5-8-10-11-13-17(7-3,12-9-6-2)16-18-14-15-19-4/h18H,5-16H2,1-4H3. The minimum atomic E-state index is 0.525. The van der Waals surface area contributed by atoms with Crippen LogP contribution in [0.25, 0.3) is 0 Å². The SMILES string of the molecule is CCCCCCC(CC)(CCCC)CNCCOC. The van der Waals surface area contributed by atoms with Gasteiger partial charge in [0, 0.05) is 20.2 Å². The first-order valence-electron chi connectivity index (χ1n) is 8.44. The Morgan fingerprint density at radius 1 is 0.895 bits per heavy atom. The number of ether oxygens (including phenoxy) is 1. The van der Waals surface area contributed by atoms with Crippen LogP contribution in [0.5, 0.6) is 0 Å². The molecule has 0 fully saturated rings. The minimum absolute atomic E-state index is 0.525. The molecule has 2 heteroatoms. The van der Waals surface area contributed by atoms with Crippen molar-refractivity contribution in [3.8, 4) is 0 Å². The molecule has 116 valence electrons. The average molecular weight is 271 g/mol. The fourth-order valence-electron chi connectivity index (χ4n) is 2.79. The maximum Gasteiger partial charge on any atom is 0.0587 e. The fraction of sp³-hybridized carbons (Fsp3) is 1.00. The van der Waals surface area contributed by atoms with Crippen molar-refractivity contribution in [2.75, 3.05) is 26.8 Å². The Kier molecular flexibility index (Phi) is 12.9. The van der Waals surface area contributed by atoms with E-state index in [9.17, 15) is 0 Å². The van der Waals surface area contributed by atoms with Crippen LogP contribution in [-0.2, 0) is 4.74 Å². The van der Waals surface area contributed by atoms with Crippen LogP contribution < -0.4 is 5.32 Å². The van der Waals surface area contributed by atoms with E-state index in [0.29, 0.717) is 5.41 Å². The van der Waals surface area contributed by atoms with Crippen molar-refractivity contribution in [3.05, 3.63) is 0 Å². The molecule has 0 saturated heterocycles. The maximum atomic E-state index is 5.12. The lowest BCUT2D eigenvalue weighted by molar-refractivity contribution is 0.174. The molecule has 0 aliphatic rings. The second-order valence-corrected chi connectivity index (χ2v) is 5.94. The number of nitrogens with one attached hydrogen (secondary N) is 1. The third-order valence-electron chi connectivity index (χ3n) is 4.35. The van der Waals surface area contributed by atoms with Crippen LogP contribution in [0.4, 0.5) is 0 Å². The first-order valence-corrected chi connectivity index (χ1v) is 8.44. The Morgan fingerprint density at radius 3 is 2.16 bits per heavy atom. The van der Waals surface area contributed by atoms with E-state index in [0.717, 1.165) is 13.2 Å². The summed E-state index contributed by atoms with van der Waals surface area (Å²) in [5.74, 6) is 0. The number of hydrogen-bond acceptors (Lipinski definition) is 2. The molecule has 0 aromatic heterocycles. The van der Waals surface area contributed by atoms with E-state index < -0.39 is 0 Å². The molecule has 19 heavy (non-hydrogen) atoms. The molecule has 0 aromatic carbocycles. The van der Waals surface area contributed by atoms with Crippen LogP contribution in [-0.4, -0.2) is 26.8 Å². The van der Waals surface area contributed by atoms with Crippen LogP contribution in [0.2, 0.25) is 0 Å². The van der Waals surface area contributed by atoms with Crippen LogP contribution in [0.1, 0.15) is 78.6 Å². The number of hydrogen-bond donors (Lipinski definition) is 1. The molecule has 0 saturated carbocycles. The highest BCUT2D eigenvalue weighted by Gasteiger charge is 2.26. The molecule has 0 aromatic rings. The van der Waals surface area contributed by atoms with Crippen molar-refractivity contribution >= 4 is 0 Å². The lowest BCUT2D eigenvalue weighted by Crippen LogP contribution is -2.35. The maximum absolute atomic E-state index is 5.12. The first-order chi connectivity index (χ1) is 9.24. The van der Waals surface area contributed by atoms with Crippen molar-refractivity contribution in [3.63, 3.8) is 0 Å². The van der Waals surface area contributed by atoms with E-state index in [-0.39, 0.29) is 0 Å². The third kappa shape index (κ3) is 9.45. The van der Waals surface area contributed by atoms with Crippen molar-refractivity contribution in [1.29, 1.82) is 0 Å². The van der Waals surface area contributed by atoms with Gasteiger partial charge >= 0.3 is 0 Å². The van der Waals surface area contributed by atoms with Gasteiger partial charge in [-0.2, -0.15) is 0 Å². The van der Waals surface area contributed by atoms with E-state index in [2.05, 4.69) is 26.1 Å². The fourth-order valence-corrected chi connectivity index (χ4v) is 2.79. The van der Waals surface area contributed by atoms with E-state index >= 15 is 0 Å². The van der Waals surface area contributed by atoms with Gasteiger partial charge in [0.25, 0.3) is 0 Å². The molecule has 0 heterocycles. The van der Waals surface area contributed by atoms with Crippen LogP contribution in [0.3, 0.4) is 0 Å². The Hall–Kier alpha value is -0.0800. The molecule has 0 amide bonds. The van der Waals surface area contributed by atoms with Gasteiger partial charge in [0.1, 0.15) is 0 Å². The van der Waals surface area contributed by atoms with E-state index in [1.54, 1.807) is 7.11 Å². The van der Waals surface area contributed by atoms with Crippen LogP contribution in [0, 0.1) is 5.41 Å². The summed E-state index contributed by atoms with van der Waals surface area (Å²) in [6, 6.07) is 0. The van der Waals surface area contributed by atoms with Crippen LogP contribution >= 0.6 is 0 Å². The molecule has 0 rings (SSSR count). The van der Waals surface area contributed by atoms with Gasteiger partial charge in [-0.25, -0.2) is 0 Å². The number of unbranched alkanes of at least 4 members (excludes halogenated alkanes) is 4. The summed E-state index contributed by atoms with van der Waals surface area (Å²) in [5, 5.41) is 3.60. The Labute approximate surface area is 121 Å². The summed E-state index contributed by atoms with van der Waals surface area (Å²) in [7, 11) is 1.77. The van der Waals surface area contributed by atoms with Gasteiger partial charge in [0.15, 0.2) is 0 Å². The molecule has 0 spiro atoms. The van der Waals surface area contributed by atoms with Gasteiger partial charge in [-0.3, -0.25) is 0 Å². The third-order valence-corrected chi connectivity index (χ3v) is 4.35. The molecule has 0 aliphatic heterocycles. The first kappa shape index (κ1) is 18.9. The van der Waals surface area contributed by atoms with Gasteiger partial charge in [-0.05, 0) is 24.7 Å². The quantitative estimate of drug-likeness (QED) is 0.459. The van der Waals surface area contributed by atoms with Crippen molar-refractivity contribution < 1.29 is 4.74 Å². The number of methoxy groups -OCH3 is 1. The van der Waals surface area contributed by atoms with Crippen LogP contribution in [0.15, 0.2) is 0 Å². The Bertz CT molecular complexity index is 170. The molecular weight excluding hydrogens is 234 g/mol. The number of rotatable bonds is 14. The highest BCUT2D eigenvalue weighted by Crippen LogP contribution is 2.34. The van der Waals surface area contributed by atoms with E-state index in [1.807, 2.05) is 0 Å². The van der Waals surface area contributed by atoms with E-state index in [4.69, 9.17) is 4.74 Å². The van der Waals surface area contributed by atoms with Gasteiger partial charge in [-0.15, -0.1) is 0 Å². The molecule has 1 atom stereocenters. The smallest absolute Gasteiger partial charge is 0.0587 e. The monoisotopic (exact) mass is 271 g/mol. The zero-order valence-corrected chi connectivity index (χ0v) is 13.9. The average Bonchev–Trinajstić information content (AvgIpc) is 2.45. The summed E-state index contributed by atoms with van der Waals surface area (Å²) in [5.41, 5.74) is 0.525. The second-order valence-electron chi connectivity index (χ2n) is 5.94. The molecular formula is C17H37NO.